The Bertz CT molecular complexity index is 404. The zero-order valence-electron chi connectivity index (χ0n) is 13.5. The van der Waals surface area contributed by atoms with E-state index in [1.807, 2.05) is 0 Å². The number of aryl methyl sites for hydroxylation is 1. The van der Waals surface area contributed by atoms with Crippen LogP contribution in [-0.2, 0) is 0 Å². The fraction of sp³-hybridized carbons (Fsp3) is 0.684. The lowest BCUT2D eigenvalue weighted by Crippen LogP contribution is -2.39. The summed E-state index contributed by atoms with van der Waals surface area (Å²) < 4.78 is 6.23. The number of benzene rings is 1. The second kappa shape index (κ2) is 9.09. The third-order valence-electron chi connectivity index (χ3n) is 4.53. The Hall–Kier alpha value is -1.02. The lowest BCUT2D eigenvalue weighted by molar-refractivity contribution is 0.150. The molecule has 1 fully saturated rings. The molecule has 0 radical (unpaired) electrons. The summed E-state index contributed by atoms with van der Waals surface area (Å²) in [4.78, 5) is 0. The van der Waals surface area contributed by atoms with Crippen molar-refractivity contribution in [2.24, 2.45) is 5.73 Å². The smallest absolute Gasteiger partial charge is 0.120 e. The molecule has 0 aromatic heterocycles. The van der Waals surface area contributed by atoms with Crippen LogP contribution in [0.2, 0.25) is 0 Å². The second-order valence-corrected chi connectivity index (χ2v) is 6.54. The first-order valence-electron chi connectivity index (χ1n) is 8.74. The van der Waals surface area contributed by atoms with Crippen LogP contribution in [0, 0.1) is 6.92 Å². The van der Waals surface area contributed by atoms with Gasteiger partial charge in [-0.15, -0.1) is 0 Å². The van der Waals surface area contributed by atoms with Gasteiger partial charge in [0.15, 0.2) is 0 Å². The number of nitrogens with two attached hydrogens (primary N) is 1. The Morgan fingerprint density at radius 2 is 1.52 bits per heavy atom. The van der Waals surface area contributed by atoms with E-state index in [-0.39, 0.29) is 12.1 Å². The molecule has 1 saturated carbocycles. The molecule has 118 valence electrons. The predicted octanol–water partition coefficient (Wildman–Crippen LogP) is 4.98. The molecule has 0 bridgehead atoms. The van der Waals surface area contributed by atoms with Crippen molar-refractivity contribution in [1.29, 1.82) is 0 Å². The first kappa shape index (κ1) is 16.4. The lowest BCUT2D eigenvalue weighted by atomic mass is 9.96. The molecule has 0 saturated heterocycles. The summed E-state index contributed by atoms with van der Waals surface area (Å²) in [6.45, 7) is 2.10. The number of ether oxygens (including phenoxy) is 1. The van der Waals surface area contributed by atoms with Crippen molar-refractivity contribution in [1.82, 2.24) is 0 Å². The number of rotatable bonds is 2. The molecule has 0 amide bonds. The second-order valence-electron chi connectivity index (χ2n) is 6.54. The lowest BCUT2D eigenvalue weighted by Gasteiger charge is -2.26. The molecular formula is C19H31NO. The van der Waals surface area contributed by atoms with Crippen molar-refractivity contribution < 1.29 is 4.74 Å². The first-order valence-corrected chi connectivity index (χ1v) is 8.74. The minimum atomic E-state index is 0.171. The topological polar surface area (TPSA) is 35.2 Å². The van der Waals surface area contributed by atoms with Gasteiger partial charge in [-0.1, -0.05) is 57.1 Å². The normalized spacial score (nSPS) is 25.6. The average molecular weight is 289 g/mol. The third-order valence-corrected chi connectivity index (χ3v) is 4.53. The van der Waals surface area contributed by atoms with Gasteiger partial charge in [0.2, 0.25) is 0 Å². The highest BCUT2D eigenvalue weighted by atomic mass is 16.5. The van der Waals surface area contributed by atoms with Gasteiger partial charge in [-0.2, -0.15) is 0 Å². The van der Waals surface area contributed by atoms with Gasteiger partial charge >= 0.3 is 0 Å². The van der Waals surface area contributed by atoms with Crippen LogP contribution in [0.3, 0.4) is 0 Å². The van der Waals surface area contributed by atoms with Gasteiger partial charge < -0.3 is 10.5 Å². The van der Waals surface area contributed by atoms with E-state index in [9.17, 15) is 0 Å². The van der Waals surface area contributed by atoms with Crippen molar-refractivity contribution in [3.63, 3.8) is 0 Å². The summed E-state index contributed by atoms with van der Waals surface area (Å²) in [6.07, 6.45) is 13.0. The summed E-state index contributed by atoms with van der Waals surface area (Å²) in [5.41, 5.74) is 7.66. The minimum Gasteiger partial charge on any atom is -0.489 e. The highest BCUT2D eigenvalue weighted by molar-refractivity contribution is 5.27. The van der Waals surface area contributed by atoms with Gasteiger partial charge in [0, 0.05) is 6.04 Å². The summed E-state index contributed by atoms with van der Waals surface area (Å²) in [5.74, 6) is 0.975. The highest BCUT2D eigenvalue weighted by Crippen LogP contribution is 2.21. The van der Waals surface area contributed by atoms with E-state index in [2.05, 4.69) is 31.2 Å². The minimum absolute atomic E-state index is 0.171. The zero-order chi connectivity index (χ0) is 14.9. The van der Waals surface area contributed by atoms with Gasteiger partial charge in [0.25, 0.3) is 0 Å². The van der Waals surface area contributed by atoms with E-state index in [1.54, 1.807) is 0 Å². The molecule has 2 heteroatoms. The van der Waals surface area contributed by atoms with Gasteiger partial charge in [-0.3, -0.25) is 0 Å². The van der Waals surface area contributed by atoms with Crippen molar-refractivity contribution in [2.45, 2.75) is 83.3 Å². The van der Waals surface area contributed by atoms with E-state index >= 15 is 0 Å². The van der Waals surface area contributed by atoms with Crippen LogP contribution in [0.15, 0.2) is 24.3 Å². The molecule has 2 rings (SSSR count). The van der Waals surface area contributed by atoms with Crippen molar-refractivity contribution >= 4 is 0 Å². The monoisotopic (exact) mass is 289 g/mol. The zero-order valence-corrected chi connectivity index (χ0v) is 13.5. The molecule has 1 aliphatic carbocycles. The maximum atomic E-state index is 6.42. The Morgan fingerprint density at radius 3 is 2.19 bits per heavy atom. The molecule has 2 N–H and O–H groups in total. The van der Waals surface area contributed by atoms with E-state index < -0.39 is 0 Å². The standard InChI is InChI=1S/C19H31NO/c1-16-11-10-12-17(15-16)21-19-14-9-7-5-3-2-4-6-8-13-18(19)20/h10-12,15,18-19H,2-9,13-14,20H2,1H3. The quantitative estimate of drug-likeness (QED) is 0.833. The molecular weight excluding hydrogens is 258 g/mol. The van der Waals surface area contributed by atoms with E-state index in [1.165, 1.54) is 56.9 Å². The average Bonchev–Trinajstić information content (AvgIpc) is 2.46. The van der Waals surface area contributed by atoms with E-state index in [0.717, 1.165) is 18.6 Å². The molecule has 2 unspecified atom stereocenters. The van der Waals surface area contributed by atoms with Crippen molar-refractivity contribution in [3.05, 3.63) is 29.8 Å². The molecule has 0 heterocycles. The Morgan fingerprint density at radius 1 is 0.905 bits per heavy atom. The third kappa shape index (κ3) is 6.09. The Balaban J connectivity index is 1.94. The van der Waals surface area contributed by atoms with Crippen molar-refractivity contribution in [3.8, 4) is 5.75 Å². The van der Waals surface area contributed by atoms with Crippen LogP contribution in [0.5, 0.6) is 5.75 Å². The maximum absolute atomic E-state index is 6.42. The van der Waals surface area contributed by atoms with E-state index in [0.29, 0.717) is 0 Å². The van der Waals surface area contributed by atoms with Gasteiger partial charge in [0.05, 0.1) is 0 Å². The largest absolute Gasteiger partial charge is 0.489 e. The summed E-state index contributed by atoms with van der Waals surface area (Å²) in [5, 5.41) is 0. The molecule has 2 nitrogen and oxygen atoms in total. The predicted molar refractivity (Wildman–Crippen MR) is 89.7 cm³/mol. The fourth-order valence-electron chi connectivity index (χ4n) is 3.20. The van der Waals surface area contributed by atoms with Crippen LogP contribution >= 0.6 is 0 Å². The molecule has 2 atom stereocenters. The van der Waals surface area contributed by atoms with Gasteiger partial charge in [0.1, 0.15) is 11.9 Å². The van der Waals surface area contributed by atoms with E-state index in [4.69, 9.17) is 10.5 Å². The summed E-state index contributed by atoms with van der Waals surface area (Å²) in [7, 11) is 0. The van der Waals surface area contributed by atoms with Crippen LogP contribution in [0.1, 0.15) is 69.8 Å². The first-order chi connectivity index (χ1) is 10.3. The van der Waals surface area contributed by atoms with Crippen LogP contribution in [-0.4, -0.2) is 12.1 Å². The van der Waals surface area contributed by atoms with Gasteiger partial charge in [-0.25, -0.2) is 0 Å². The van der Waals surface area contributed by atoms with Crippen LogP contribution in [0.25, 0.3) is 0 Å². The molecule has 1 aromatic rings. The number of hydrogen-bond acceptors (Lipinski definition) is 2. The Kier molecular flexibility index (Phi) is 7.08. The van der Waals surface area contributed by atoms with Crippen LogP contribution in [0.4, 0.5) is 0 Å². The molecule has 21 heavy (non-hydrogen) atoms. The summed E-state index contributed by atoms with van der Waals surface area (Å²) >= 11 is 0. The molecule has 1 aromatic carbocycles. The summed E-state index contributed by atoms with van der Waals surface area (Å²) in [6, 6.07) is 8.50. The maximum Gasteiger partial charge on any atom is 0.120 e. The van der Waals surface area contributed by atoms with Crippen LogP contribution < -0.4 is 10.5 Å². The molecule has 0 spiro atoms. The van der Waals surface area contributed by atoms with Gasteiger partial charge in [-0.05, 0) is 43.9 Å². The molecule has 0 aliphatic heterocycles. The highest BCUT2D eigenvalue weighted by Gasteiger charge is 2.19. The fourth-order valence-corrected chi connectivity index (χ4v) is 3.20. The van der Waals surface area contributed by atoms with Crippen molar-refractivity contribution in [2.75, 3.05) is 0 Å². The molecule has 1 aliphatic rings. The SMILES string of the molecule is Cc1cccc(OC2CCCCCCCCCCC2N)c1. The Labute approximate surface area is 130 Å². The number of hydrogen-bond donors (Lipinski definition) is 1.